The van der Waals surface area contributed by atoms with Crippen LogP contribution in [0.2, 0.25) is 0 Å². The highest BCUT2D eigenvalue weighted by Crippen LogP contribution is 2.55. The van der Waals surface area contributed by atoms with Crippen LogP contribution in [0.25, 0.3) is 0 Å². The van der Waals surface area contributed by atoms with Gasteiger partial charge in [0.25, 0.3) is 0 Å². The minimum absolute atomic E-state index is 1.07. The van der Waals surface area contributed by atoms with Crippen LogP contribution in [0.5, 0.6) is 0 Å². The Bertz CT molecular complexity index is 190. The fraction of sp³-hybridized carbons (Fsp3) is 0.800. The van der Waals surface area contributed by atoms with Crippen molar-refractivity contribution >= 4 is 0 Å². The molecule has 0 saturated heterocycles. The summed E-state index contributed by atoms with van der Waals surface area (Å²) in [5, 5.41) is 0. The molecule has 3 atom stereocenters. The lowest BCUT2D eigenvalue weighted by atomic mass is 9.86. The Morgan fingerprint density at radius 2 is 2.30 bits per heavy atom. The lowest BCUT2D eigenvalue weighted by Gasteiger charge is -2.18. The molecule has 3 unspecified atom stereocenters. The molecule has 0 amide bonds. The van der Waals surface area contributed by atoms with Crippen molar-refractivity contribution in [2.24, 2.45) is 17.8 Å². The second-order valence-electron chi connectivity index (χ2n) is 4.18. The third kappa shape index (κ3) is 0.492. The minimum atomic E-state index is 1.07. The summed E-state index contributed by atoms with van der Waals surface area (Å²) in [7, 11) is 0. The van der Waals surface area contributed by atoms with Crippen molar-refractivity contribution in [3.8, 4) is 0 Å². The molecule has 3 rings (SSSR count). The minimum Gasteiger partial charge on any atom is -0.0847 e. The predicted octanol–water partition coefficient (Wildman–Crippen LogP) is 2.75. The molecule has 0 aromatic rings. The van der Waals surface area contributed by atoms with Crippen LogP contribution in [0.3, 0.4) is 0 Å². The molecule has 0 aromatic carbocycles. The Morgan fingerprint density at radius 1 is 1.30 bits per heavy atom. The second kappa shape index (κ2) is 1.66. The summed E-state index contributed by atoms with van der Waals surface area (Å²) in [6.45, 7) is 0. The van der Waals surface area contributed by atoms with Crippen molar-refractivity contribution < 1.29 is 0 Å². The van der Waals surface area contributed by atoms with Gasteiger partial charge in [-0.1, -0.05) is 18.1 Å². The summed E-state index contributed by atoms with van der Waals surface area (Å²) in [6.07, 6.45) is 10.0. The molecule has 0 heterocycles. The molecule has 2 fully saturated rings. The molecule has 2 bridgehead atoms. The normalized spacial score (nSPS) is 49.6. The fourth-order valence-electron chi connectivity index (χ4n) is 3.41. The lowest BCUT2D eigenvalue weighted by Crippen LogP contribution is -2.10. The SMILES string of the molecule is C1=C2CC(C1)C1CCCC21. The van der Waals surface area contributed by atoms with Crippen molar-refractivity contribution in [2.75, 3.05) is 0 Å². The Hall–Kier alpha value is -0.260. The monoisotopic (exact) mass is 134 g/mol. The van der Waals surface area contributed by atoms with E-state index < -0.39 is 0 Å². The van der Waals surface area contributed by atoms with E-state index in [1.54, 1.807) is 6.42 Å². The largest absolute Gasteiger partial charge is 0.0847 e. The Balaban J connectivity index is 2.02. The molecule has 3 aliphatic rings. The van der Waals surface area contributed by atoms with Crippen LogP contribution in [0.1, 0.15) is 32.1 Å². The van der Waals surface area contributed by atoms with Crippen LogP contribution in [0.15, 0.2) is 11.6 Å². The van der Waals surface area contributed by atoms with E-state index in [4.69, 9.17) is 0 Å². The molecule has 2 saturated carbocycles. The zero-order chi connectivity index (χ0) is 6.55. The van der Waals surface area contributed by atoms with Gasteiger partial charge in [0.15, 0.2) is 0 Å². The Morgan fingerprint density at radius 3 is 3.20 bits per heavy atom. The topological polar surface area (TPSA) is 0 Å². The van der Waals surface area contributed by atoms with Crippen LogP contribution in [-0.4, -0.2) is 0 Å². The van der Waals surface area contributed by atoms with Gasteiger partial charge in [0, 0.05) is 0 Å². The summed E-state index contributed by atoms with van der Waals surface area (Å²) >= 11 is 0. The van der Waals surface area contributed by atoms with Crippen LogP contribution in [0.4, 0.5) is 0 Å². The first-order valence-electron chi connectivity index (χ1n) is 4.64. The van der Waals surface area contributed by atoms with Crippen LogP contribution < -0.4 is 0 Å². The van der Waals surface area contributed by atoms with E-state index in [9.17, 15) is 0 Å². The van der Waals surface area contributed by atoms with Crippen molar-refractivity contribution in [3.05, 3.63) is 11.6 Å². The van der Waals surface area contributed by atoms with Crippen molar-refractivity contribution in [1.82, 2.24) is 0 Å². The molecule has 0 N–H and O–H groups in total. The highest BCUT2D eigenvalue weighted by molar-refractivity contribution is 5.23. The quantitative estimate of drug-likeness (QED) is 0.447. The number of fused-ring (bicyclic) bond motifs is 5. The van der Waals surface area contributed by atoms with Gasteiger partial charge in [-0.3, -0.25) is 0 Å². The number of hydrogen-bond acceptors (Lipinski definition) is 0. The molecule has 0 nitrogen and oxygen atoms in total. The number of allylic oxidation sites excluding steroid dienone is 2. The predicted molar refractivity (Wildman–Crippen MR) is 41.6 cm³/mol. The van der Waals surface area contributed by atoms with Gasteiger partial charge >= 0.3 is 0 Å². The van der Waals surface area contributed by atoms with Gasteiger partial charge in [0.05, 0.1) is 0 Å². The molecule has 0 aromatic heterocycles. The molecule has 10 heavy (non-hydrogen) atoms. The van der Waals surface area contributed by atoms with Gasteiger partial charge in [-0.05, 0) is 43.4 Å². The summed E-state index contributed by atoms with van der Waals surface area (Å²) in [6, 6.07) is 0. The molecule has 0 spiro atoms. The van der Waals surface area contributed by atoms with Crippen molar-refractivity contribution in [1.29, 1.82) is 0 Å². The van der Waals surface area contributed by atoms with E-state index >= 15 is 0 Å². The molecule has 0 radical (unpaired) electrons. The highest BCUT2D eigenvalue weighted by Gasteiger charge is 2.44. The van der Waals surface area contributed by atoms with Gasteiger partial charge in [0.1, 0.15) is 0 Å². The first kappa shape index (κ1) is 5.40. The third-order valence-corrected chi connectivity index (χ3v) is 3.83. The van der Waals surface area contributed by atoms with Gasteiger partial charge in [-0.2, -0.15) is 0 Å². The van der Waals surface area contributed by atoms with Crippen LogP contribution in [-0.2, 0) is 0 Å². The summed E-state index contributed by atoms with van der Waals surface area (Å²) in [4.78, 5) is 0. The highest BCUT2D eigenvalue weighted by atomic mass is 14.5. The number of rotatable bonds is 0. The summed E-state index contributed by atoms with van der Waals surface area (Å²) in [5.74, 6) is 3.31. The van der Waals surface area contributed by atoms with Gasteiger partial charge < -0.3 is 0 Å². The van der Waals surface area contributed by atoms with Gasteiger partial charge in [-0.15, -0.1) is 0 Å². The van der Waals surface area contributed by atoms with E-state index in [-0.39, 0.29) is 0 Å². The zero-order valence-corrected chi connectivity index (χ0v) is 6.34. The Labute approximate surface area is 62.3 Å². The Kier molecular flexibility index (Phi) is 0.898. The fourth-order valence-corrected chi connectivity index (χ4v) is 3.41. The smallest absolute Gasteiger partial charge is 0.0172 e. The molecule has 0 aliphatic heterocycles. The summed E-state index contributed by atoms with van der Waals surface area (Å²) in [5.41, 5.74) is 1.84. The average Bonchev–Trinajstić information content (AvgIpc) is 2.60. The van der Waals surface area contributed by atoms with E-state index in [1.807, 2.05) is 5.57 Å². The van der Waals surface area contributed by atoms with E-state index in [0.29, 0.717) is 0 Å². The lowest BCUT2D eigenvalue weighted by molar-refractivity contribution is 0.352. The van der Waals surface area contributed by atoms with E-state index in [2.05, 4.69) is 6.08 Å². The summed E-state index contributed by atoms with van der Waals surface area (Å²) < 4.78 is 0. The molecule has 0 heteroatoms. The molecular weight excluding hydrogens is 120 g/mol. The maximum atomic E-state index is 2.52. The zero-order valence-electron chi connectivity index (χ0n) is 6.34. The third-order valence-electron chi connectivity index (χ3n) is 3.83. The van der Waals surface area contributed by atoms with Crippen molar-refractivity contribution in [2.45, 2.75) is 32.1 Å². The van der Waals surface area contributed by atoms with Gasteiger partial charge in [-0.25, -0.2) is 0 Å². The average molecular weight is 134 g/mol. The maximum Gasteiger partial charge on any atom is -0.0172 e. The van der Waals surface area contributed by atoms with Crippen LogP contribution >= 0.6 is 0 Å². The number of hydrogen-bond donors (Lipinski definition) is 0. The first-order valence-corrected chi connectivity index (χ1v) is 4.64. The standard InChI is InChI=1S/C10H14/c1-2-9-7-4-5-8(6-7)10(9)3-1/h4,8-10H,1-3,5-6H2. The van der Waals surface area contributed by atoms with E-state index in [0.717, 1.165) is 17.8 Å². The molecular formula is C10H14. The first-order chi connectivity index (χ1) is 4.95. The second-order valence-corrected chi connectivity index (χ2v) is 4.18. The van der Waals surface area contributed by atoms with Crippen LogP contribution in [0, 0.1) is 17.8 Å². The van der Waals surface area contributed by atoms with Crippen molar-refractivity contribution in [3.63, 3.8) is 0 Å². The van der Waals surface area contributed by atoms with E-state index in [1.165, 1.54) is 25.7 Å². The maximum absolute atomic E-state index is 2.52. The van der Waals surface area contributed by atoms with Gasteiger partial charge in [0.2, 0.25) is 0 Å². The molecule has 54 valence electrons. The molecule has 3 aliphatic carbocycles.